The number of thioether (sulfide) groups is 1. The Hall–Kier alpha value is -4.02. The summed E-state index contributed by atoms with van der Waals surface area (Å²) in [6.45, 7) is 7.02. The Morgan fingerprint density at radius 2 is 1.48 bits per heavy atom. The normalized spacial score (nSPS) is 13.9. The second-order valence-electron chi connectivity index (χ2n) is 8.38. The zero-order valence-electron chi connectivity index (χ0n) is 22.5. The third kappa shape index (κ3) is 7.34. The quantitative estimate of drug-likeness (QED) is 0.198. The van der Waals surface area contributed by atoms with Gasteiger partial charge in [0.1, 0.15) is 11.5 Å². The van der Waals surface area contributed by atoms with Crippen LogP contribution in [0.5, 0.6) is 23.0 Å². The highest BCUT2D eigenvalue weighted by molar-refractivity contribution is 8.27. The van der Waals surface area contributed by atoms with Crippen molar-refractivity contribution in [3.8, 4) is 23.0 Å². The highest BCUT2D eigenvalue weighted by Gasteiger charge is 2.33. The van der Waals surface area contributed by atoms with Crippen molar-refractivity contribution in [3.05, 3.63) is 77.2 Å². The molecule has 8 nitrogen and oxygen atoms in total. The summed E-state index contributed by atoms with van der Waals surface area (Å²) in [5.74, 6) is 1.83. The van der Waals surface area contributed by atoms with E-state index in [-0.39, 0.29) is 18.4 Å². The average molecular weight is 579 g/mol. The van der Waals surface area contributed by atoms with Crippen molar-refractivity contribution in [2.45, 2.75) is 20.8 Å². The highest BCUT2D eigenvalue weighted by atomic mass is 32.2. The Kier molecular flexibility index (Phi) is 10.0. The SMILES string of the molecule is CCOc1ccc(NC(=O)COc2ccc(/C=C3\SC(=S)N(c4ccc(OCC)cc4)C3=O)cc2OCC)cc1. The minimum Gasteiger partial charge on any atom is -0.494 e. The number of nitrogens with one attached hydrogen (secondary N) is 1. The molecule has 4 rings (SSSR count). The molecular weight excluding hydrogens is 548 g/mol. The van der Waals surface area contributed by atoms with E-state index < -0.39 is 0 Å². The lowest BCUT2D eigenvalue weighted by atomic mass is 10.1. The highest BCUT2D eigenvalue weighted by Crippen LogP contribution is 2.37. The summed E-state index contributed by atoms with van der Waals surface area (Å²) < 4.78 is 22.9. The van der Waals surface area contributed by atoms with Gasteiger partial charge in [-0.1, -0.05) is 30.0 Å². The summed E-state index contributed by atoms with van der Waals surface area (Å²) in [5.41, 5.74) is 2.05. The second-order valence-corrected chi connectivity index (χ2v) is 10.1. The van der Waals surface area contributed by atoms with Gasteiger partial charge in [0.2, 0.25) is 0 Å². The van der Waals surface area contributed by atoms with Gasteiger partial charge < -0.3 is 24.3 Å². The van der Waals surface area contributed by atoms with Gasteiger partial charge in [-0.05, 0) is 93.1 Å². The van der Waals surface area contributed by atoms with Gasteiger partial charge in [-0.3, -0.25) is 14.5 Å². The first-order valence-corrected chi connectivity index (χ1v) is 14.1. The van der Waals surface area contributed by atoms with Crippen molar-refractivity contribution in [2.75, 3.05) is 36.6 Å². The number of ether oxygens (including phenoxy) is 4. The molecule has 3 aromatic rings. The lowest BCUT2D eigenvalue weighted by Crippen LogP contribution is -2.27. The summed E-state index contributed by atoms with van der Waals surface area (Å²) in [6.07, 6.45) is 1.76. The smallest absolute Gasteiger partial charge is 0.270 e. The summed E-state index contributed by atoms with van der Waals surface area (Å²) in [6, 6.07) is 19.6. The number of anilines is 2. The first-order chi connectivity index (χ1) is 19.4. The van der Waals surface area contributed by atoms with Gasteiger partial charge in [0.05, 0.1) is 30.4 Å². The molecule has 0 saturated carbocycles. The monoisotopic (exact) mass is 578 g/mol. The third-order valence-corrected chi connectivity index (χ3v) is 6.88. The number of benzene rings is 3. The van der Waals surface area contributed by atoms with E-state index in [2.05, 4.69) is 5.32 Å². The van der Waals surface area contributed by atoms with Crippen LogP contribution in [0.2, 0.25) is 0 Å². The fourth-order valence-corrected chi connectivity index (χ4v) is 5.14. The van der Waals surface area contributed by atoms with Crippen molar-refractivity contribution in [1.82, 2.24) is 0 Å². The molecule has 10 heteroatoms. The van der Waals surface area contributed by atoms with Crippen molar-refractivity contribution in [1.29, 1.82) is 0 Å². The first-order valence-electron chi connectivity index (χ1n) is 12.8. The number of thiocarbonyl (C=S) groups is 1. The van der Waals surface area contributed by atoms with Crippen LogP contribution in [0.4, 0.5) is 11.4 Å². The maximum Gasteiger partial charge on any atom is 0.270 e. The van der Waals surface area contributed by atoms with Crippen LogP contribution in [-0.2, 0) is 9.59 Å². The van der Waals surface area contributed by atoms with E-state index in [0.29, 0.717) is 51.9 Å². The summed E-state index contributed by atoms with van der Waals surface area (Å²) in [4.78, 5) is 27.6. The molecule has 40 heavy (non-hydrogen) atoms. The number of carbonyl (C=O) groups is 2. The lowest BCUT2D eigenvalue weighted by molar-refractivity contribution is -0.118. The molecule has 208 valence electrons. The number of nitrogens with zero attached hydrogens (tertiary/aromatic N) is 1. The minimum atomic E-state index is -0.311. The third-order valence-electron chi connectivity index (χ3n) is 5.57. The molecule has 3 aromatic carbocycles. The zero-order valence-corrected chi connectivity index (χ0v) is 24.1. The Morgan fingerprint density at radius 3 is 2.10 bits per heavy atom. The molecule has 0 spiro atoms. The maximum atomic E-state index is 13.2. The molecule has 0 bridgehead atoms. The Bertz CT molecular complexity index is 1390. The van der Waals surface area contributed by atoms with Crippen LogP contribution in [0.3, 0.4) is 0 Å². The van der Waals surface area contributed by atoms with E-state index in [4.69, 9.17) is 31.2 Å². The molecule has 1 N–H and O–H groups in total. The van der Waals surface area contributed by atoms with Crippen LogP contribution in [0, 0.1) is 0 Å². The van der Waals surface area contributed by atoms with Gasteiger partial charge >= 0.3 is 0 Å². The Labute approximate surface area is 243 Å². The Morgan fingerprint density at radius 1 is 0.850 bits per heavy atom. The minimum absolute atomic E-state index is 0.201. The van der Waals surface area contributed by atoms with Crippen LogP contribution in [0.15, 0.2) is 71.6 Å². The fourth-order valence-electron chi connectivity index (χ4n) is 3.84. The summed E-state index contributed by atoms with van der Waals surface area (Å²) in [7, 11) is 0. The standard InChI is InChI=1S/C30H30N2O6S2/c1-4-35-23-12-8-21(9-13-23)31-28(33)19-38-25-16-7-20(17-26(25)37-6-3)18-27-29(34)32(30(39)40-27)22-10-14-24(15-11-22)36-5-2/h7-18H,4-6,19H2,1-3H3,(H,31,33)/b27-18-. The number of hydrogen-bond acceptors (Lipinski definition) is 8. The van der Waals surface area contributed by atoms with Crippen LogP contribution in [0.25, 0.3) is 6.08 Å². The van der Waals surface area contributed by atoms with E-state index in [1.807, 2.05) is 45.0 Å². The van der Waals surface area contributed by atoms with Crippen LogP contribution in [0.1, 0.15) is 26.3 Å². The molecule has 0 unspecified atom stereocenters. The predicted molar refractivity (Wildman–Crippen MR) is 163 cm³/mol. The van der Waals surface area contributed by atoms with Crippen molar-refractivity contribution >= 4 is 57.6 Å². The molecule has 0 radical (unpaired) electrons. The first kappa shape index (κ1) is 29.0. The average Bonchev–Trinajstić information content (AvgIpc) is 3.22. The van der Waals surface area contributed by atoms with E-state index in [0.717, 1.165) is 17.1 Å². The molecule has 0 aliphatic carbocycles. The van der Waals surface area contributed by atoms with Crippen molar-refractivity contribution in [2.24, 2.45) is 0 Å². The molecule has 1 heterocycles. The van der Waals surface area contributed by atoms with Gasteiger partial charge in [-0.25, -0.2) is 0 Å². The fraction of sp³-hybridized carbons (Fsp3) is 0.233. The van der Waals surface area contributed by atoms with E-state index >= 15 is 0 Å². The largest absolute Gasteiger partial charge is 0.494 e. The topological polar surface area (TPSA) is 86.3 Å². The number of hydrogen-bond donors (Lipinski definition) is 1. The van der Waals surface area contributed by atoms with E-state index in [1.54, 1.807) is 48.5 Å². The summed E-state index contributed by atoms with van der Waals surface area (Å²) >= 11 is 6.73. The van der Waals surface area contributed by atoms with Gasteiger partial charge in [0.25, 0.3) is 11.8 Å². The van der Waals surface area contributed by atoms with Crippen LogP contribution in [-0.4, -0.2) is 42.6 Å². The van der Waals surface area contributed by atoms with Gasteiger partial charge in [-0.15, -0.1) is 0 Å². The molecule has 0 atom stereocenters. The molecule has 1 aliphatic heterocycles. The molecular formula is C30H30N2O6S2. The van der Waals surface area contributed by atoms with Gasteiger partial charge in [0, 0.05) is 5.69 Å². The van der Waals surface area contributed by atoms with Crippen molar-refractivity contribution in [3.63, 3.8) is 0 Å². The van der Waals surface area contributed by atoms with Crippen LogP contribution >= 0.6 is 24.0 Å². The van der Waals surface area contributed by atoms with Gasteiger partial charge in [-0.2, -0.15) is 0 Å². The van der Waals surface area contributed by atoms with Crippen LogP contribution < -0.4 is 29.2 Å². The molecule has 0 aromatic heterocycles. The summed E-state index contributed by atoms with van der Waals surface area (Å²) in [5, 5.41) is 2.79. The van der Waals surface area contributed by atoms with E-state index in [9.17, 15) is 9.59 Å². The Balaban J connectivity index is 1.42. The van der Waals surface area contributed by atoms with E-state index in [1.165, 1.54) is 16.7 Å². The predicted octanol–water partition coefficient (Wildman–Crippen LogP) is 6.31. The second kappa shape index (κ2) is 13.9. The number of rotatable bonds is 12. The molecule has 1 aliphatic rings. The maximum absolute atomic E-state index is 13.2. The molecule has 2 amide bonds. The lowest BCUT2D eigenvalue weighted by Gasteiger charge is -2.15. The number of carbonyl (C=O) groups excluding carboxylic acids is 2. The van der Waals surface area contributed by atoms with Gasteiger partial charge in [0.15, 0.2) is 22.4 Å². The molecule has 1 saturated heterocycles. The molecule has 1 fully saturated rings. The van der Waals surface area contributed by atoms with Crippen molar-refractivity contribution < 1.29 is 28.5 Å². The zero-order chi connectivity index (χ0) is 28.5. The number of amides is 2.